The molecule has 2 rings (SSSR count). The molecular formula is C9H6FNO2S. The third-order valence-corrected chi connectivity index (χ3v) is 2.91. The number of thioether (sulfide) groups is 1. The van der Waals surface area contributed by atoms with E-state index >= 15 is 0 Å². The van der Waals surface area contributed by atoms with Gasteiger partial charge in [0.15, 0.2) is 6.29 Å². The first-order valence-corrected chi connectivity index (χ1v) is 4.90. The monoisotopic (exact) mass is 211 g/mol. The molecule has 3 nitrogen and oxygen atoms in total. The molecule has 14 heavy (non-hydrogen) atoms. The van der Waals surface area contributed by atoms with E-state index in [0.717, 1.165) is 0 Å². The molecule has 1 aliphatic rings. The zero-order valence-electron chi connectivity index (χ0n) is 7.04. The summed E-state index contributed by atoms with van der Waals surface area (Å²) in [5.41, 5.74) is 0.473. The van der Waals surface area contributed by atoms with Gasteiger partial charge in [-0.3, -0.25) is 9.59 Å². The second-order valence-corrected chi connectivity index (χ2v) is 3.84. The lowest BCUT2D eigenvalue weighted by Gasteiger charge is -2.16. The summed E-state index contributed by atoms with van der Waals surface area (Å²) in [6.07, 6.45) is 0.432. The van der Waals surface area contributed by atoms with Crippen molar-refractivity contribution in [3.8, 4) is 0 Å². The van der Waals surface area contributed by atoms with Gasteiger partial charge < -0.3 is 5.32 Å². The van der Waals surface area contributed by atoms with Crippen molar-refractivity contribution in [1.29, 1.82) is 0 Å². The standard InChI is InChI=1S/C9H6FNO2S/c10-6-2-8-7(1-5(6)3-12)11-9(13)4-14-8/h1-3H,4H2,(H,11,13). The highest BCUT2D eigenvalue weighted by atomic mass is 32.2. The maximum Gasteiger partial charge on any atom is 0.234 e. The molecule has 0 saturated carbocycles. The van der Waals surface area contributed by atoms with E-state index in [1.807, 2.05) is 0 Å². The van der Waals surface area contributed by atoms with Crippen LogP contribution < -0.4 is 5.32 Å². The van der Waals surface area contributed by atoms with Gasteiger partial charge in [0.1, 0.15) is 5.82 Å². The predicted molar refractivity (Wildman–Crippen MR) is 51.1 cm³/mol. The number of halogens is 1. The van der Waals surface area contributed by atoms with E-state index in [1.165, 1.54) is 23.9 Å². The van der Waals surface area contributed by atoms with Crippen LogP contribution in [-0.2, 0) is 4.79 Å². The molecule has 72 valence electrons. The van der Waals surface area contributed by atoms with Crippen LogP contribution >= 0.6 is 11.8 Å². The minimum atomic E-state index is -0.553. The topological polar surface area (TPSA) is 46.2 Å². The minimum Gasteiger partial charge on any atom is -0.324 e. The highest BCUT2D eigenvalue weighted by molar-refractivity contribution is 8.00. The molecule has 0 radical (unpaired) electrons. The number of nitrogens with one attached hydrogen (secondary N) is 1. The summed E-state index contributed by atoms with van der Waals surface area (Å²) in [4.78, 5) is 22.1. The molecule has 0 atom stereocenters. The number of fused-ring (bicyclic) bond motifs is 1. The lowest BCUT2D eigenvalue weighted by molar-refractivity contribution is -0.113. The third-order valence-electron chi connectivity index (χ3n) is 1.86. The molecule has 1 aliphatic heterocycles. The fourth-order valence-electron chi connectivity index (χ4n) is 1.21. The molecule has 1 N–H and O–H groups in total. The molecular weight excluding hydrogens is 205 g/mol. The second kappa shape index (κ2) is 3.42. The summed E-state index contributed by atoms with van der Waals surface area (Å²) in [6, 6.07) is 2.62. The molecule has 0 fully saturated rings. The van der Waals surface area contributed by atoms with E-state index in [2.05, 4.69) is 5.32 Å². The zero-order chi connectivity index (χ0) is 10.1. The van der Waals surface area contributed by atoms with Crippen LogP contribution in [0.1, 0.15) is 10.4 Å². The van der Waals surface area contributed by atoms with Crippen molar-refractivity contribution >= 4 is 29.6 Å². The molecule has 0 aliphatic carbocycles. The lowest BCUT2D eigenvalue weighted by atomic mass is 10.2. The first-order valence-electron chi connectivity index (χ1n) is 3.92. The average Bonchev–Trinajstić information content (AvgIpc) is 2.17. The summed E-state index contributed by atoms with van der Waals surface area (Å²) in [5, 5.41) is 2.58. The molecule has 0 spiro atoms. The molecule has 0 unspecified atom stereocenters. The Balaban J connectivity index is 2.51. The number of hydrogen-bond donors (Lipinski definition) is 1. The zero-order valence-corrected chi connectivity index (χ0v) is 7.86. The van der Waals surface area contributed by atoms with Gasteiger partial charge in [0.2, 0.25) is 5.91 Å². The Hall–Kier alpha value is -1.36. The lowest BCUT2D eigenvalue weighted by Crippen LogP contribution is -2.19. The Labute approximate surface area is 83.7 Å². The Morgan fingerprint density at radius 2 is 2.29 bits per heavy atom. The number of aldehydes is 1. The molecule has 0 saturated heterocycles. The van der Waals surface area contributed by atoms with Crippen molar-refractivity contribution in [3.05, 3.63) is 23.5 Å². The predicted octanol–water partition coefficient (Wildman–Crippen LogP) is 1.68. The highest BCUT2D eigenvalue weighted by Gasteiger charge is 2.17. The summed E-state index contributed by atoms with van der Waals surface area (Å²) in [7, 11) is 0. The quantitative estimate of drug-likeness (QED) is 0.719. The van der Waals surface area contributed by atoms with Crippen molar-refractivity contribution in [2.75, 3.05) is 11.1 Å². The number of hydrogen-bond acceptors (Lipinski definition) is 3. The van der Waals surface area contributed by atoms with Crippen LogP contribution in [0.15, 0.2) is 17.0 Å². The fraction of sp³-hybridized carbons (Fsp3) is 0.111. The maximum atomic E-state index is 13.1. The number of carbonyl (C=O) groups is 2. The van der Waals surface area contributed by atoms with Crippen LogP contribution in [0.2, 0.25) is 0 Å². The minimum absolute atomic E-state index is 0.0356. The van der Waals surface area contributed by atoms with Gasteiger partial charge in [-0.05, 0) is 12.1 Å². The summed E-state index contributed by atoms with van der Waals surface area (Å²) in [5.74, 6) is -0.402. The Bertz CT molecular complexity index is 420. The van der Waals surface area contributed by atoms with E-state index in [1.54, 1.807) is 0 Å². The van der Waals surface area contributed by atoms with Crippen LogP contribution in [-0.4, -0.2) is 17.9 Å². The van der Waals surface area contributed by atoms with Crippen molar-refractivity contribution in [2.24, 2.45) is 0 Å². The number of benzene rings is 1. The Kier molecular flexibility index (Phi) is 2.25. The van der Waals surface area contributed by atoms with Crippen molar-refractivity contribution in [3.63, 3.8) is 0 Å². The van der Waals surface area contributed by atoms with Gasteiger partial charge in [0, 0.05) is 4.90 Å². The highest BCUT2D eigenvalue weighted by Crippen LogP contribution is 2.32. The summed E-state index contributed by atoms with van der Waals surface area (Å²) >= 11 is 1.26. The van der Waals surface area contributed by atoms with Gasteiger partial charge >= 0.3 is 0 Å². The smallest absolute Gasteiger partial charge is 0.234 e. The Morgan fingerprint density at radius 1 is 1.50 bits per heavy atom. The largest absolute Gasteiger partial charge is 0.324 e. The normalized spacial score (nSPS) is 14.5. The van der Waals surface area contributed by atoms with E-state index in [0.29, 0.717) is 16.9 Å². The number of amides is 1. The molecule has 1 heterocycles. The number of anilines is 1. The van der Waals surface area contributed by atoms with E-state index in [4.69, 9.17) is 0 Å². The van der Waals surface area contributed by atoms with Gasteiger partial charge in [-0.25, -0.2) is 4.39 Å². The van der Waals surface area contributed by atoms with Gasteiger partial charge in [-0.15, -0.1) is 11.8 Å². The first kappa shape index (κ1) is 9.21. The van der Waals surface area contributed by atoms with Gasteiger partial charge in [-0.2, -0.15) is 0 Å². The molecule has 1 aromatic rings. The van der Waals surface area contributed by atoms with Crippen LogP contribution in [0, 0.1) is 5.82 Å². The van der Waals surface area contributed by atoms with Gasteiger partial charge in [0.25, 0.3) is 0 Å². The van der Waals surface area contributed by atoms with E-state index in [9.17, 15) is 14.0 Å². The van der Waals surface area contributed by atoms with Crippen molar-refractivity contribution in [1.82, 2.24) is 0 Å². The molecule has 0 aromatic heterocycles. The molecule has 1 amide bonds. The SMILES string of the molecule is O=Cc1cc2c(cc1F)SCC(=O)N2. The molecule has 1 aromatic carbocycles. The third kappa shape index (κ3) is 1.50. The van der Waals surface area contributed by atoms with Gasteiger partial charge in [-0.1, -0.05) is 0 Å². The van der Waals surface area contributed by atoms with Crippen molar-refractivity contribution < 1.29 is 14.0 Å². The summed E-state index contributed by atoms with van der Waals surface area (Å²) < 4.78 is 13.1. The van der Waals surface area contributed by atoms with Crippen LogP contribution in [0.3, 0.4) is 0 Å². The van der Waals surface area contributed by atoms with Crippen LogP contribution in [0.4, 0.5) is 10.1 Å². The first-order chi connectivity index (χ1) is 6.70. The van der Waals surface area contributed by atoms with Gasteiger partial charge in [0.05, 0.1) is 17.0 Å². The van der Waals surface area contributed by atoms with E-state index in [-0.39, 0.29) is 17.2 Å². The van der Waals surface area contributed by atoms with Crippen molar-refractivity contribution in [2.45, 2.75) is 4.90 Å². The summed E-state index contributed by atoms with van der Waals surface area (Å²) in [6.45, 7) is 0. The number of rotatable bonds is 1. The van der Waals surface area contributed by atoms with E-state index < -0.39 is 5.82 Å². The number of carbonyl (C=O) groups excluding carboxylic acids is 2. The molecule has 0 bridgehead atoms. The van der Waals surface area contributed by atoms with Crippen LogP contribution in [0.25, 0.3) is 0 Å². The van der Waals surface area contributed by atoms with Crippen LogP contribution in [0.5, 0.6) is 0 Å². The molecule has 5 heteroatoms. The second-order valence-electron chi connectivity index (χ2n) is 2.82. The maximum absolute atomic E-state index is 13.1. The average molecular weight is 211 g/mol. The fourth-order valence-corrected chi connectivity index (χ4v) is 2.02. The Morgan fingerprint density at radius 3 is 3.00 bits per heavy atom.